The lowest BCUT2D eigenvalue weighted by Crippen LogP contribution is -2.49. The zero-order chi connectivity index (χ0) is 22.8. The SMILES string of the molecule is NC(=O)C(c1ccccc1)(c1ccccc1)[C@@H]1CCN(CC(O)c2ccc3c(c2)CCO3)C1. The van der Waals surface area contributed by atoms with Crippen molar-refractivity contribution in [3.8, 4) is 5.75 Å². The summed E-state index contributed by atoms with van der Waals surface area (Å²) < 4.78 is 5.59. The number of amides is 1. The van der Waals surface area contributed by atoms with Crippen molar-refractivity contribution in [1.29, 1.82) is 0 Å². The molecule has 0 aromatic heterocycles. The van der Waals surface area contributed by atoms with Crippen molar-refractivity contribution in [3.05, 3.63) is 101 Å². The highest BCUT2D eigenvalue weighted by Crippen LogP contribution is 2.44. The molecule has 1 fully saturated rings. The molecule has 0 radical (unpaired) electrons. The maximum atomic E-state index is 13.2. The summed E-state index contributed by atoms with van der Waals surface area (Å²) in [4.78, 5) is 15.5. The number of likely N-dealkylation sites (tertiary alicyclic amines) is 1. The number of hydrogen-bond donors (Lipinski definition) is 2. The minimum Gasteiger partial charge on any atom is -0.493 e. The number of nitrogens with two attached hydrogens (primary N) is 1. The van der Waals surface area contributed by atoms with Gasteiger partial charge in [-0.3, -0.25) is 4.79 Å². The van der Waals surface area contributed by atoms with Gasteiger partial charge >= 0.3 is 0 Å². The molecule has 2 atom stereocenters. The fraction of sp³-hybridized carbons (Fsp3) is 0.321. The number of aliphatic hydroxyl groups is 1. The van der Waals surface area contributed by atoms with Gasteiger partial charge in [-0.25, -0.2) is 0 Å². The van der Waals surface area contributed by atoms with E-state index in [1.807, 2.05) is 72.8 Å². The number of ether oxygens (including phenoxy) is 1. The number of hydrogen-bond acceptors (Lipinski definition) is 4. The van der Waals surface area contributed by atoms with Gasteiger partial charge in [-0.05, 0) is 53.3 Å². The molecule has 5 rings (SSSR count). The van der Waals surface area contributed by atoms with Crippen LogP contribution in [0, 0.1) is 5.92 Å². The van der Waals surface area contributed by atoms with Crippen molar-refractivity contribution in [2.24, 2.45) is 11.7 Å². The van der Waals surface area contributed by atoms with Crippen LogP contribution in [0.1, 0.15) is 34.8 Å². The maximum Gasteiger partial charge on any atom is 0.232 e. The summed E-state index contributed by atoms with van der Waals surface area (Å²) in [5.41, 5.74) is 9.20. The first-order chi connectivity index (χ1) is 16.1. The van der Waals surface area contributed by atoms with E-state index in [0.717, 1.165) is 47.4 Å². The number of benzene rings is 3. The summed E-state index contributed by atoms with van der Waals surface area (Å²) in [5.74, 6) is 0.607. The number of carbonyl (C=O) groups is 1. The van der Waals surface area contributed by atoms with Crippen LogP contribution < -0.4 is 10.5 Å². The normalized spacial score (nSPS) is 19.1. The average molecular weight is 443 g/mol. The van der Waals surface area contributed by atoms with Crippen LogP contribution in [0.4, 0.5) is 0 Å². The van der Waals surface area contributed by atoms with E-state index >= 15 is 0 Å². The molecular formula is C28H30N2O3. The largest absolute Gasteiger partial charge is 0.493 e. The number of carbonyl (C=O) groups excluding carboxylic acids is 1. The van der Waals surface area contributed by atoms with Crippen molar-refractivity contribution >= 4 is 5.91 Å². The summed E-state index contributed by atoms with van der Waals surface area (Å²) >= 11 is 0. The highest BCUT2D eigenvalue weighted by Gasteiger charge is 2.49. The van der Waals surface area contributed by atoms with E-state index in [1.165, 1.54) is 0 Å². The molecule has 0 spiro atoms. The van der Waals surface area contributed by atoms with E-state index in [0.29, 0.717) is 19.7 Å². The Morgan fingerprint density at radius 2 is 1.73 bits per heavy atom. The Hall–Kier alpha value is -3.15. The monoisotopic (exact) mass is 442 g/mol. The number of fused-ring (bicyclic) bond motifs is 1. The third-order valence-corrected chi connectivity index (χ3v) is 7.26. The standard InChI is InChI=1S/C28H30N2O3/c29-27(32)28(22-7-3-1-4-8-22,23-9-5-2-6-10-23)24-13-15-30(18-24)19-25(31)20-11-12-26-21(17-20)14-16-33-26/h1-12,17,24-25,31H,13-16,18-19H2,(H2,29,32)/t24-,25?/m1/s1. The van der Waals surface area contributed by atoms with Gasteiger partial charge in [-0.2, -0.15) is 0 Å². The van der Waals surface area contributed by atoms with Crippen LogP contribution in [-0.2, 0) is 16.6 Å². The zero-order valence-electron chi connectivity index (χ0n) is 18.7. The van der Waals surface area contributed by atoms with Crippen LogP contribution in [0.5, 0.6) is 5.75 Å². The number of rotatable bonds is 7. The van der Waals surface area contributed by atoms with Crippen LogP contribution in [0.2, 0.25) is 0 Å². The first kappa shape index (κ1) is 21.7. The van der Waals surface area contributed by atoms with Gasteiger partial charge in [0.15, 0.2) is 0 Å². The first-order valence-corrected chi connectivity index (χ1v) is 11.7. The van der Waals surface area contributed by atoms with E-state index in [-0.39, 0.29) is 11.8 Å². The molecule has 1 amide bonds. The Morgan fingerprint density at radius 3 is 2.36 bits per heavy atom. The Labute approximate surface area is 194 Å². The maximum absolute atomic E-state index is 13.2. The number of aliphatic hydroxyl groups excluding tert-OH is 1. The van der Waals surface area contributed by atoms with E-state index in [1.54, 1.807) is 0 Å². The zero-order valence-corrected chi connectivity index (χ0v) is 18.7. The molecule has 5 heteroatoms. The smallest absolute Gasteiger partial charge is 0.232 e. The Kier molecular flexibility index (Phi) is 5.92. The molecule has 1 saturated heterocycles. The lowest BCUT2D eigenvalue weighted by Gasteiger charge is -2.37. The van der Waals surface area contributed by atoms with Gasteiger partial charge in [0.05, 0.1) is 12.7 Å². The molecule has 0 aliphatic carbocycles. The quantitative estimate of drug-likeness (QED) is 0.588. The molecule has 0 saturated carbocycles. The van der Waals surface area contributed by atoms with Crippen molar-refractivity contribution in [3.63, 3.8) is 0 Å². The molecule has 3 aromatic carbocycles. The van der Waals surface area contributed by atoms with Crippen LogP contribution >= 0.6 is 0 Å². The molecule has 170 valence electrons. The molecule has 3 N–H and O–H groups in total. The molecule has 2 heterocycles. The van der Waals surface area contributed by atoms with Crippen molar-refractivity contribution < 1.29 is 14.6 Å². The van der Waals surface area contributed by atoms with Crippen LogP contribution in [-0.4, -0.2) is 42.2 Å². The lowest BCUT2D eigenvalue weighted by atomic mass is 9.64. The molecular weight excluding hydrogens is 412 g/mol. The topological polar surface area (TPSA) is 75.8 Å². The summed E-state index contributed by atoms with van der Waals surface area (Å²) in [5, 5.41) is 11.0. The Bertz CT molecular complexity index is 1080. The number of primary amides is 1. The fourth-order valence-electron chi connectivity index (χ4n) is 5.64. The van der Waals surface area contributed by atoms with Crippen molar-refractivity contribution in [2.75, 3.05) is 26.2 Å². The van der Waals surface area contributed by atoms with Crippen LogP contribution in [0.3, 0.4) is 0 Å². The second-order valence-corrected chi connectivity index (χ2v) is 9.13. The van der Waals surface area contributed by atoms with Gasteiger partial charge in [0.1, 0.15) is 11.2 Å². The van der Waals surface area contributed by atoms with Crippen LogP contribution in [0.15, 0.2) is 78.9 Å². The van der Waals surface area contributed by atoms with E-state index in [2.05, 4.69) is 11.0 Å². The second kappa shape index (κ2) is 9.00. The van der Waals surface area contributed by atoms with E-state index in [4.69, 9.17) is 10.5 Å². The minimum atomic E-state index is -0.910. The summed E-state index contributed by atoms with van der Waals surface area (Å²) in [6.45, 7) is 2.73. The van der Waals surface area contributed by atoms with Crippen molar-refractivity contribution in [2.45, 2.75) is 24.4 Å². The first-order valence-electron chi connectivity index (χ1n) is 11.7. The third-order valence-electron chi connectivity index (χ3n) is 7.26. The molecule has 0 bridgehead atoms. The predicted octanol–water partition coefficient (Wildman–Crippen LogP) is 3.45. The summed E-state index contributed by atoms with van der Waals surface area (Å²) in [6.07, 6.45) is 1.13. The minimum absolute atomic E-state index is 0.0143. The predicted molar refractivity (Wildman–Crippen MR) is 128 cm³/mol. The van der Waals surface area contributed by atoms with Crippen LogP contribution in [0.25, 0.3) is 0 Å². The Morgan fingerprint density at radius 1 is 1.06 bits per heavy atom. The average Bonchev–Trinajstić information content (AvgIpc) is 3.50. The van der Waals surface area contributed by atoms with E-state index < -0.39 is 11.5 Å². The fourth-order valence-corrected chi connectivity index (χ4v) is 5.64. The third kappa shape index (κ3) is 3.92. The molecule has 2 aliphatic heterocycles. The summed E-state index contributed by atoms with van der Waals surface area (Å²) in [6, 6.07) is 25.7. The Balaban J connectivity index is 1.41. The number of β-amino-alcohol motifs (C(OH)–C–C–N with tert-alkyl or cyclic N) is 1. The van der Waals surface area contributed by atoms with Gasteiger partial charge < -0.3 is 20.5 Å². The highest BCUT2D eigenvalue weighted by molar-refractivity contribution is 5.91. The molecule has 1 unspecified atom stereocenters. The van der Waals surface area contributed by atoms with Gasteiger partial charge in [0.2, 0.25) is 5.91 Å². The summed E-state index contributed by atoms with van der Waals surface area (Å²) in [7, 11) is 0. The number of nitrogens with zero attached hydrogens (tertiary/aromatic N) is 1. The van der Waals surface area contributed by atoms with Gasteiger partial charge in [-0.15, -0.1) is 0 Å². The lowest BCUT2D eigenvalue weighted by molar-refractivity contribution is -0.123. The van der Waals surface area contributed by atoms with Gasteiger partial charge in [0.25, 0.3) is 0 Å². The molecule has 33 heavy (non-hydrogen) atoms. The van der Waals surface area contributed by atoms with E-state index in [9.17, 15) is 9.90 Å². The molecule has 2 aliphatic rings. The van der Waals surface area contributed by atoms with Crippen molar-refractivity contribution in [1.82, 2.24) is 4.90 Å². The molecule has 3 aromatic rings. The highest BCUT2D eigenvalue weighted by atomic mass is 16.5. The molecule has 5 nitrogen and oxygen atoms in total. The second-order valence-electron chi connectivity index (χ2n) is 9.13. The van der Waals surface area contributed by atoms with Gasteiger partial charge in [-0.1, -0.05) is 66.7 Å². The van der Waals surface area contributed by atoms with Gasteiger partial charge in [0, 0.05) is 19.5 Å².